The lowest BCUT2D eigenvalue weighted by Gasteiger charge is -2.22. The van der Waals surface area contributed by atoms with Crippen molar-refractivity contribution in [3.8, 4) is 0 Å². The molecule has 4 nitrogen and oxygen atoms in total. The number of benzene rings is 1. The van der Waals surface area contributed by atoms with Crippen LogP contribution in [0.5, 0.6) is 0 Å². The molecule has 1 aliphatic heterocycles. The van der Waals surface area contributed by atoms with E-state index in [2.05, 4.69) is 22.4 Å². The molecule has 0 spiro atoms. The van der Waals surface area contributed by atoms with Gasteiger partial charge in [0.05, 0.1) is 0 Å². The lowest BCUT2D eigenvalue weighted by atomic mass is 10.1. The summed E-state index contributed by atoms with van der Waals surface area (Å²) in [6.45, 7) is 1.99. The van der Waals surface area contributed by atoms with Gasteiger partial charge in [-0.2, -0.15) is 0 Å². The third kappa shape index (κ3) is 2.79. The van der Waals surface area contributed by atoms with Crippen LogP contribution < -0.4 is 11.0 Å². The molecule has 2 heterocycles. The van der Waals surface area contributed by atoms with Gasteiger partial charge in [-0.3, -0.25) is 4.57 Å². The van der Waals surface area contributed by atoms with Gasteiger partial charge in [-0.1, -0.05) is 30.3 Å². The first-order valence-corrected chi connectivity index (χ1v) is 6.87. The van der Waals surface area contributed by atoms with Gasteiger partial charge in [-0.15, -0.1) is 0 Å². The van der Waals surface area contributed by atoms with Crippen molar-refractivity contribution in [3.63, 3.8) is 0 Å². The van der Waals surface area contributed by atoms with E-state index in [1.54, 1.807) is 0 Å². The second-order valence-corrected chi connectivity index (χ2v) is 5.14. The minimum atomic E-state index is 0.0258. The summed E-state index contributed by atoms with van der Waals surface area (Å²) in [6, 6.07) is 10.6. The van der Waals surface area contributed by atoms with E-state index in [0.717, 1.165) is 38.0 Å². The molecular formula is C15H19N3O. The summed E-state index contributed by atoms with van der Waals surface area (Å²) >= 11 is 0. The van der Waals surface area contributed by atoms with Crippen molar-refractivity contribution in [2.75, 3.05) is 13.1 Å². The van der Waals surface area contributed by atoms with Gasteiger partial charge < -0.3 is 10.3 Å². The van der Waals surface area contributed by atoms with Gasteiger partial charge in [0.15, 0.2) is 0 Å². The van der Waals surface area contributed by atoms with Crippen molar-refractivity contribution in [2.45, 2.75) is 25.3 Å². The zero-order valence-electron chi connectivity index (χ0n) is 10.9. The van der Waals surface area contributed by atoms with Gasteiger partial charge in [0, 0.05) is 24.4 Å². The Morgan fingerprint density at radius 3 is 2.63 bits per heavy atom. The summed E-state index contributed by atoms with van der Waals surface area (Å²) in [4.78, 5) is 15.0. The minimum Gasteiger partial charge on any atom is -0.317 e. The smallest absolute Gasteiger partial charge is 0.317 e. The largest absolute Gasteiger partial charge is 0.325 e. The number of aromatic nitrogens is 2. The van der Waals surface area contributed by atoms with E-state index in [4.69, 9.17) is 0 Å². The van der Waals surface area contributed by atoms with Crippen LogP contribution in [-0.2, 0) is 6.42 Å². The molecule has 0 atom stereocenters. The van der Waals surface area contributed by atoms with E-state index < -0.39 is 0 Å². The van der Waals surface area contributed by atoms with Crippen molar-refractivity contribution in [1.82, 2.24) is 14.9 Å². The minimum absolute atomic E-state index is 0.0258. The number of imidazole rings is 1. The zero-order chi connectivity index (χ0) is 13.1. The predicted molar refractivity (Wildman–Crippen MR) is 75.4 cm³/mol. The molecule has 1 fully saturated rings. The highest BCUT2D eigenvalue weighted by atomic mass is 16.1. The molecule has 1 aromatic heterocycles. The molecule has 0 radical (unpaired) electrons. The number of aromatic amines is 1. The van der Waals surface area contributed by atoms with Crippen LogP contribution in [0.15, 0.2) is 41.3 Å². The molecule has 0 amide bonds. The van der Waals surface area contributed by atoms with Crippen LogP contribution in [0.3, 0.4) is 0 Å². The van der Waals surface area contributed by atoms with E-state index in [1.165, 1.54) is 5.56 Å². The Morgan fingerprint density at radius 1 is 1.16 bits per heavy atom. The van der Waals surface area contributed by atoms with Crippen molar-refractivity contribution < 1.29 is 0 Å². The molecule has 2 aromatic rings. The molecule has 4 heteroatoms. The number of hydrogen-bond acceptors (Lipinski definition) is 2. The Hall–Kier alpha value is -1.81. The monoisotopic (exact) mass is 257 g/mol. The first-order chi connectivity index (χ1) is 9.33. The SMILES string of the molecule is O=c1[nH]c(Cc2ccccc2)cn1C1CCNCC1. The fourth-order valence-corrected chi connectivity index (χ4v) is 2.72. The van der Waals surface area contributed by atoms with E-state index in [9.17, 15) is 4.79 Å². The molecule has 100 valence electrons. The van der Waals surface area contributed by atoms with Crippen LogP contribution in [0, 0.1) is 0 Å². The third-order valence-corrected chi connectivity index (χ3v) is 3.74. The highest BCUT2D eigenvalue weighted by Gasteiger charge is 2.17. The van der Waals surface area contributed by atoms with Crippen molar-refractivity contribution in [3.05, 3.63) is 58.3 Å². The van der Waals surface area contributed by atoms with E-state index >= 15 is 0 Å². The Labute approximate surface area is 112 Å². The second-order valence-electron chi connectivity index (χ2n) is 5.14. The molecule has 1 aliphatic rings. The maximum Gasteiger partial charge on any atom is 0.325 e. The molecule has 0 saturated carbocycles. The number of hydrogen-bond donors (Lipinski definition) is 2. The normalized spacial score (nSPS) is 16.6. The predicted octanol–water partition coefficient (Wildman–Crippen LogP) is 1.69. The summed E-state index contributed by atoms with van der Waals surface area (Å²) < 4.78 is 1.87. The fraction of sp³-hybridized carbons (Fsp3) is 0.400. The Morgan fingerprint density at radius 2 is 1.89 bits per heavy atom. The topological polar surface area (TPSA) is 49.8 Å². The van der Waals surface area contributed by atoms with Crippen molar-refractivity contribution >= 4 is 0 Å². The van der Waals surface area contributed by atoms with E-state index in [-0.39, 0.29) is 5.69 Å². The van der Waals surface area contributed by atoms with Gasteiger partial charge in [-0.05, 0) is 31.5 Å². The average Bonchev–Trinajstić information content (AvgIpc) is 2.82. The lowest BCUT2D eigenvalue weighted by molar-refractivity contribution is 0.361. The molecule has 0 bridgehead atoms. The van der Waals surface area contributed by atoms with Crippen LogP contribution in [0.1, 0.15) is 30.1 Å². The molecular weight excluding hydrogens is 238 g/mol. The van der Waals surface area contributed by atoms with Gasteiger partial charge in [-0.25, -0.2) is 4.79 Å². The Bertz CT molecular complexity index is 579. The Balaban J connectivity index is 1.79. The number of rotatable bonds is 3. The maximum atomic E-state index is 12.0. The quantitative estimate of drug-likeness (QED) is 0.879. The first-order valence-electron chi connectivity index (χ1n) is 6.87. The number of nitrogens with one attached hydrogen (secondary N) is 2. The van der Waals surface area contributed by atoms with Gasteiger partial charge in [0.25, 0.3) is 0 Å². The van der Waals surface area contributed by atoms with E-state index in [1.807, 2.05) is 29.0 Å². The summed E-state index contributed by atoms with van der Waals surface area (Å²) in [5, 5.41) is 3.32. The number of nitrogens with zero attached hydrogens (tertiary/aromatic N) is 1. The molecule has 1 saturated heterocycles. The van der Waals surface area contributed by atoms with Crippen LogP contribution in [-0.4, -0.2) is 22.6 Å². The molecule has 19 heavy (non-hydrogen) atoms. The maximum absolute atomic E-state index is 12.0. The van der Waals surface area contributed by atoms with Crippen LogP contribution in [0.2, 0.25) is 0 Å². The highest BCUT2D eigenvalue weighted by molar-refractivity contribution is 5.20. The van der Waals surface area contributed by atoms with Crippen molar-refractivity contribution in [1.29, 1.82) is 0 Å². The first kappa shape index (κ1) is 12.2. The van der Waals surface area contributed by atoms with Gasteiger partial charge in [0.2, 0.25) is 0 Å². The van der Waals surface area contributed by atoms with E-state index in [0.29, 0.717) is 6.04 Å². The molecule has 0 unspecified atom stereocenters. The van der Waals surface area contributed by atoms with Crippen LogP contribution in [0.25, 0.3) is 0 Å². The molecule has 2 N–H and O–H groups in total. The summed E-state index contributed by atoms with van der Waals surface area (Å²) in [5.41, 5.74) is 2.24. The summed E-state index contributed by atoms with van der Waals surface area (Å²) in [7, 11) is 0. The fourth-order valence-electron chi connectivity index (χ4n) is 2.72. The summed E-state index contributed by atoms with van der Waals surface area (Å²) in [5.74, 6) is 0. The molecule has 0 aliphatic carbocycles. The lowest BCUT2D eigenvalue weighted by Crippen LogP contribution is -2.32. The summed E-state index contributed by atoms with van der Waals surface area (Å²) in [6.07, 6.45) is 4.84. The standard InChI is InChI=1S/C15H19N3O/c19-15-17-13(10-12-4-2-1-3-5-12)11-18(15)14-6-8-16-9-7-14/h1-5,11,14,16H,6-10H2,(H,17,19). The molecule has 1 aromatic carbocycles. The van der Waals surface area contributed by atoms with Crippen molar-refractivity contribution in [2.24, 2.45) is 0 Å². The van der Waals surface area contributed by atoms with Crippen LogP contribution in [0.4, 0.5) is 0 Å². The van der Waals surface area contributed by atoms with Crippen LogP contribution >= 0.6 is 0 Å². The number of piperidine rings is 1. The molecule has 3 rings (SSSR count). The van der Waals surface area contributed by atoms with Gasteiger partial charge in [0.1, 0.15) is 0 Å². The number of H-pyrrole nitrogens is 1. The highest BCUT2D eigenvalue weighted by Crippen LogP contribution is 2.17. The zero-order valence-corrected chi connectivity index (χ0v) is 10.9. The average molecular weight is 257 g/mol. The second kappa shape index (κ2) is 5.45. The third-order valence-electron chi connectivity index (χ3n) is 3.74. The van der Waals surface area contributed by atoms with Gasteiger partial charge >= 0.3 is 5.69 Å². The Kier molecular flexibility index (Phi) is 3.51.